The molecule has 2 aromatic heterocycles. The van der Waals surface area contributed by atoms with Crippen LogP contribution in [-0.4, -0.2) is 31.9 Å². The number of tetrazole rings is 1. The van der Waals surface area contributed by atoms with Crippen molar-refractivity contribution in [2.24, 2.45) is 0 Å². The molecule has 1 unspecified atom stereocenters. The first-order valence-electron chi connectivity index (χ1n) is 7.58. The summed E-state index contributed by atoms with van der Waals surface area (Å²) in [4.78, 5) is 12.2. The van der Waals surface area contributed by atoms with Gasteiger partial charge in [-0.15, -0.1) is 5.10 Å². The van der Waals surface area contributed by atoms with E-state index >= 15 is 0 Å². The first kappa shape index (κ1) is 17.7. The van der Waals surface area contributed by atoms with Crippen molar-refractivity contribution < 1.29 is 9.21 Å². The largest absolute Gasteiger partial charge is 0.467 e. The van der Waals surface area contributed by atoms with Gasteiger partial charge >= 0.3 is 0 Å². The Kier molecular flexibility index (Phi) is 5.87. The highest BCUT2D eigenvalue weighted by molar-refractivity contribution is 9.10. The van der Waals surface area contributed by atoms with Crippen molar-refractivity contribution in [3.05, 3.63) is 58.5 Å². The van der Waals surface area contributed by atoms with Gasteiger partial charge in [-0.1, -0.05) is 39.8 Å². The molecule has 2 heterocycles. The first-order chi connectivity index (χ1) is 12.1. The number of hydrogen-bond acceptors (Lipinski definition) is 6. The van der Waals surface area contributed by atoms with Gasteiger partial charge in [0.25, 0.3) is 0 Å². The number of benzene rings is 1. The van der Waals surface area contributed by atoms with Crippen molar-refractivity contribution in [2.45, 2.75) is 24.7 Å². The lowest BCUT2D eigenvalue weighted by Crippen LogP contribution is -2.28. The molecular weight excluding hydrogens is 406 g/mol. The van der Waals surface area contributed by atoms with Gasteiger partial charge in [0, 0.05) is 4.47 Å². The van der Waals surface area contributed by atoms with E-state index in [1.165, 1.54) is 11.8 Å². The van der Waals surface area contributed by atoms with E-state index in [0.717, 1.165) is 15.8 Å². The van der Waals surface area contributed by atoms with Crippen LogP contribution < -0.4 is 5.32 Å². The van der Waals surface area contributed by atoms with E-state index in [4.69, 9.17) is 4.42 Å². The van der Waals surface area contributed by atoms with Crippen LogP contribution in [-0.2, 0) is 11.3 Å². The van der Waals surface area contributed by atoms with Crippen LogP contribution in [0.4, 0.5) is 0 Å². The molecule has 0 aliphatic carbocycles. The van der Waals surface area contributed by atoms with Gasteiger partial charge in [0.15, 0.2) is 0 Å². The van der Waals surface area contributed by atoms with Gasteiger partial charge in [-0.05, 0) is 47.2 Å². The summed E-state index contributed by atoms with van der Waals surface area (Å²) in [6.45, 7) is 2.38. The van der Waals surface area contributed by atoms with E-state index in [9.17, 15) is 4.79 Å². The molecule has 9 heteroatoms. The second-order valence-corrected chi connectivity index (χ2v) is 7.19. The third-order valence-electron chi connectivity index (χ3n) is 3.46. The standard InChI is InChI=1S/C16H16BrN5O2S/c1-11(12-4-6-13(17)7-5-12)18-15(23)10-25-16-19-20-21-22(16)9-14-3-2-8-24-14/h2-8,11H,9-10H2,1H3,(H,18,23). The molecule has 1 N–H and O–H groups in total. The van der Waals surface area contributed by atoms with E-state index in [-0.39, 0.29) is 17.7 Å². The number of carbonyl (C=O) groups is 1. The zero-order valence-electron chi connectivity index (χ0n) is 13.4. The van der Waals surface area contributed by atoms with Crippen molar-refractivity contribution in [3.8, 4) is 0 Å². The van der Waals surface area contributed by atoms with Crippen LogP contribution in [0, 0.1) is 0 Å². The van der Waals surface area contributed by atoms with Gasteiger partial charge in [0.2, 0.25) is 11.1 Å². The summed E-state index contributed by atoms with van der Waals surface area (Å²) in [5.74, 6) is 0.912. The van der Waals surface area contributed by atoms with Crippen LogP contribution in [0.3, 0.4) is 0 Å². The lowest BCUT2D eigenvalue weighted by molar-refractivity contribution is -0.119. The van der Waals surface area contributed by atoms with Crippen LogP contribution in [0.2, 0.25) is 0 Å². The molecule has 0 spiro atoms. The average molecular weight is 422 g/mol. The van der Waals surface area contributed by atoms with E-state index in [0.29, 0.717) is 11.7 Å². The van der Waals surface area contributed by atoms with E-state index < -0.39 is 0 Å². The van der Waals surface area contributed by atoms with Crippen LogP contribution in [0.25, 0.3) is 0 Å². The number of halogens is 1. The minimum Gasteiger partial charge on any atom is -0.467 e. The minimum atomic E-state index is -0.0760. The van der Waals surface area contributed by atoms with Crippen molar-refractivity contribution >= 4 is 33.6 Å². The van der Waals surface area contributed by atoms with Gasteiger partial charge in [0.1, 0.15) is 12.3 Å². The summed E-state index contributed by atoms with van der Waals surface area (Å²) in [5.41, 5.74) is 1.05. The highest BCUT2D eigenvalue weighted by Gasteiger charge is 2.13. The molecule has 7 nitrogen and oxygen atoms in total. The second-order valence-electron chi connectivity index (χ2n) is 5.33. The van der Waals surface area contributed by atoms with Gasteiger partial charge in [-0.3, -0.25) is 4.79 Å². The summed E-state index contributed by atoms with van der Waals surface area (Å²) in [7, 11) is 0. The fraction of sp³-hybridized carbons (Fsp3) is 0.250. The number of carbonyl (C=O) groups excluding carboxylic acids is 1. The van der Waals surface area contributed by atoms with Crippen LogP contribution in [0.5, 0.6) is 0 Å². The number of nitrogens with one attached hydrogen (secondary N) is 1. The molecule has 1 amide bonds. The molecule has 1 atom stereocenters. The SMILES string of the molecule is CC(NC(=O)CSc1nnnn1Cc1ccco1)c1ccc(Br)cc1. The predicted octanol–water partition coefficient (Wildman–Crippen LogP) is 3.05. The number of nitrogens with zero attached hydrogens (tertiary/aromatic N) is 4. The number of furan rings is 1. The fourth-order valence-corrected chi connectivity index (χ4v) is 3.15. The Labute approximate surface area is 157 Å². The zero-order valence-corrected chi connectivity index (χ0v) is 15.8. The first-order valence-corrected chi connectivity index (χ1v) is 9.36. The summed E-state index contributed by atoms with van der Waals surface area (Å²) in [5, 5.41) is 15.1. The van der Waals surface area contributed by atoms with Gasteiger partial charge < -0.3 is 9.73 Å². The average Bonchev–Trinajstić information content (AvgIpc) is 3.26. The third kappa shape index (κ3) is 4.93. The van der Waals surface area contributed by atoms with Crippen LogP contribution >= 0.6 is 27.7 Å². The molecule has 3 rings (SSSR count). The Morgan fingerprint density at radius 1 is 1.36 bits per heavy atom. The van der Waals surface area contributed by atoms with Crippen LogP contribution in [0.1, 0.15) is 24.3 Å². The normalized spacial score (nSPS) is 12.1. The molecule has 0 saturated heterocycles. The van der Waals surface area contributed by atoms with Gasteiger partial charge in [0.05, 0.1) is 18.1 Å². The number of rotatable bonds is 7. The third-order valence-corrected chi connectivity index (χ3v) is 4.95. The number of amides is 1. The van der Waals surface area contributed by atoms with Crippen molar-refractivity contribution in [1.29, 1.82) is 0 Å². The van der Waals surface area contributed by atoms with E-state index in [1.807, 2.05) is 43.3 Å². The maximum Gasteiger partial charge on any atom is 0.230 e. The minimum absolute atomic E-state index is 0.0692. The van der Waals surface area contributed by atoms with Gasteiger partial charge in [-0.2, -0.15) is 0 Å². The predicted molar refractivity (Wildman–Crippen MR) is 97.1 cm³/mol. The van der Waals surface area contributed by atoms with Crippen molar-refractivity contribution in [1.82, 2.24) is 25.5 Å². The summed E-state index contributed by atoms with van der Waals surface area (Å²) < 4.78 is 7.90. The number of thioether (sulfide) groups is 1. The summed E-state index contributed by atoms with van der Waals surface area (Å²) in [6, 6.07) is 11.5. The highest BCUT2D eigenvalue weighted by atomic mass is 79.9. The number of aromatic nitrogens is 4. The topological polar surface area (TPSA) is 85.8 Å². The lowest BCUT2D eigenvalue weighted by Gasteiger charge is -2.14. The van der Waals surface area contributed by atoms with Crippen molar-refractivity contribution in [2.75, 3.05) is 5.75 Å². The Balaban J connectivity index is 1.52. The maximum atomic E-state index is 12.2. The molecule has 0 fully saturated rings. The Morgan fingerprint density at radius 3 is 2.88 bits per heavy atom. The number of hydrogen-bond donors (Lipinski definition) is 1. The molecule has 0 aliphatic heterocycles. The molecule has 130 valence electrons. The fourth-order valence-electron chi connectivity index (χ4n) is 2.20. The molecule has 3 aromatic rings. The molecule has 1 aromatic carbocycles. The monoisotopic (exact) mass is 421 g/mol. The van der Waals surface area contributed by atoms with E-state index in [1.54, 1.807) is 10.9 Å². The quantitative estimate of drug-likeness (QED) is 0.589. The lowest BCUT2D eigenvalue weighted by atomic mass is 10.1. The summed E-state index contributed by atoms with van der Waals surface area (Å²) in [6.07, 6.45) is 1.60. The Bertz CT molecular complexity index is 819. The molecular formula is C16H16BrN5O2S. The maximum absolute atomic E-state index is 12.2. The zero-order chi connectivity index (χ0) is 17.6. The summed E-state index contributed by atoms with van der Waals surface area (Å²) >= 11 is 4.69. The molecule has 0 bridgehead atoms. The van der Waals surface area contributed by atoms with Crippen LogP contribution in [0.15, 0.2) is 56.7 Å². The highest BCUT2D eigenvalue weighted by Crippen LogP contribution is 2.18. The Hall–Kier alpha value is -2.13. The second kappa shape index (κ2) is 8.30. The van der Waals surface area contributed by atoms with Gasteiger partial charge in [-0.25, -0.2) is 4.68 Å². The Morgan fingerprint density at radius 2 is 2.16 bits per heavy atom. The van der Waals surface area contributed by atoms with Crippen molar-refractivity contribution in [3.63, 3.8) is 0 Å². The molecule has 0 radical (unpaired) electrons. The molecule has 25 heavy (non-hydrogen) atoms. The molecule has 0 aliphatic rings. The smallest absolute Gasteiger partial charge is 0.230 e. The molecule has 0 saturated carbocycles. The van der Waals surface area contributed by atoms with E-state index in [2.05, 4.69) is 36.8 Å².